The summed E-state index contributed by atoms with van der Waals surface area (Å²) in [5, 5.41) is 0. The maximum Gasteiger partial charge on any atom is 0.241 e. The molecule has 0 rings (SSSR count). The third-order valence-electron chi connectivity index (χ3n) is 2.10. The van der Waals surface area contributed by atoms with Crippen LogP contribution in [0.3, 0.4) is 0 Å². The highest BCUT2D eigenvalue weighted by molar-refractivity contribution is 6.70. The van der Waals surface area contributed by atoms with Crippen LogP contribution in [0.25, 0.3) is 0 Å². The number of hydrogen-bond donors (Lipinski definition) is 0. The Kier molecular flexibility index (Phi) is 6.09. The predicted octanol–water partition coefficient (Wildman–Crippen LogP) is 5.12. The molecule has 16 heavy (non-hydrogen) atoms. The van der Waals surface area contributed by atoms with E-state index < -0.39 is 8.32 Å². The molecular formula is C14H28OSi. The van der Waals surface area contributed by atoms with Gasteiger partial charge in [-0.25, -0.2) is 0 Å². The van der Waals surface area contributed by atoms with Crippen LogP contribution in [-0.2, 0) is 4.43 Å². The average Bonchev–Trinajstić information content (AvgIpc) is 2.06. The first-order valence-corrected chi connectivity index (χ1v) is 9.58. The number of unbranched alkanes of at least 4 members (excludes halogenated alkanes) is 2. The summed E-state index contributed by atoms with van der Waals surface area (Å²) < 4.78 is 6.16. The molecule has 0 bridgehead atoms. The molecule has 0 aromatic rings. The summed E-state index contributed by atoms with van der Waals surface area (Å²) in [4.78, 5) is 0. The van der Waals surface area contributed by atoms with E-state index in [9.17, 15) is 0 Å². The van der Waals surface area contributed by atoms with E-state index in [1.165, 1.54) is 0 Å². The first kappa shape index (κ1) is 15.5. The highest BCUT2D eigenvalue weighted by Crippen LogP contribution is 2.29. The second-order valence-electron chi connectivity index (χ2n) is 6.25. The van der Waals surface area contributed by atoms with Gasteiger partial charge in [-0.3, -0.25) is 0 Å². The Morgan fingerprint density at radius 2 is 1.75 bits per heavy atom. The minimum atomic E-state index is -1.49. The van der Waals surface area contributed by atoms with Crippen molar-refractivity contribution in [2.24, 2.45) is 5.41 Å². The SMILES string of the molecule is C=CCCC/C=C(\O[Si](C)(C)C)C(C)(C)C. The van der Waals surface area contributed by atoms with Crippen molar-refractivity contribution in [2.45, 2.75) is 59.7 Å². The highest BCUT2D eigenvalue weighted by atomic mass is 28.4. The van der Waals surface area contributed by atoms with Gasteiger partial charge in [-0.15, -0.1) is 6.58 Å². The maximum absolute atomic E-state index is 6.16. The quantitative estimate of drug-likeness (QED) is 0.271. The van der Waals surface area contributed by atoms with Gasteiger partial charge >= 0.3 is 0 Å². The molecule has 0 aliphatic rings. The molecule has 0 saturated carbocycles. The molecule has 0 heterocycles. The summed E-state index contributed by atoms with van der Waals surface area (Å²) in [7, 11) is -1.49. The van der Waals surface area contributed by atoms with Crippen molar-refractivity contribution in [3.8, 4) is 0 Å². The molecule has 0 fully saturated rings. The van der Waals surface area contributed by atoms with Gasteiger partial charge in [0.25, 0.3) is 0 Å². The molecule has 0 aromatic heterocycles. The zero-order valence-electron chi connectivity index (χ0n) is 11.9. The standard InChI is InChI=1S/C14H28OSi/c1-8-9-10-11-12-13(14(2,3)4)15-16(5,6)7/h8,12H,1,9-11H2,2-7H3/b13-12-. The van der Waals surface area contributed by atoms with Gasteiger partial charge in [0.2, 0.25) is 8.32 Å². The number of rotatable bonds is 6. The van der Waals surface area contributed by atoms with Crippen molar-refractivity contribution in [1.29, 1.82) is 0 Å². The Morgan fingerprint density at radius 1 is 1.19 bits per heavy atom. The molecule has 0 aliphatic carbocycles. The molecule has 0 unspecified atom stereocenters. The van der Waals surface area contributed by atoms with E-state index in [0.29, 0.717) is 0 Å². The van der Waals surface area contributed by atoms with Gasteiger partial charge < -0.3 is 4.43 Å². The average molecular weight is 240 g/mol. The van der Waals surface area contributed by atoms with Crippen LogP contribution in [-0.4, -0.2) is 8.32 Å². The van der Waals surface area contributed by atoms with Crippen molar-refractivity contribution in [2.75, 3.05) is 0 Å². The molecule has 0 saturated heterocycles. The van der Waals surface area contributed by atoms with E-state index in [4.69, 9.17) is 4.43 Å². The van der Waals surface area contributed by atoms with Gasteiger partial charge in [0.1, 0.15) is 0 Å². The Labute approximate surface area is 103 Å². The van der Waals surface area contributed by atoms with Crippen molar-refractivity contribution < 1.29 is 4.43 Å². The Hall–Kier alpha value is -0.503. The Balaban J connectivity index is 4.49. The zero-order valence-corrected chi connectivity index (χ0v) is 12.9. The fraction of sp³-hybridized carbons (Fsp3) is 0.714. The molecule has 0 aliphatic heterocycles. The topological polar surface area (TPSA) is 9.23 Å². The van der Waals surface area contributed by atoms with E-state index >= 15 is 0 Å². The van der Waals surface area contributed by atoms with Crippen LogP contribution >= 0.6 is 0 Å². The Morgan fingerprint density at radius 3 is 2.12 bits per heavy atom. The molecule has 1 nitrogen and oxygen atoms in total. The lowest BCUT2D eigenvalue weighted by Crippen LogP contribution is -2.29. The van der Waals surface area contributed by atoms with E-state index in [0.717, 1.165) is 25.0 Å². The van der Waals surface area contributed by atoms with Crippen molar-refractivity contribution in [3.63, 3.8) is 0 Å². The first-order valence-electron chi connectivity index (χ1n) is 6.17. The summed E-state index contributed by atoms with van der Waals surface area (Å²) in [6, 6.07) is 0. The van der Waals surface area contributed by atoms with Crippen molar-refractivity contribution in [1.82, 2.24) is 0 Å². The van der Waals surface area contributed by atoms with Crippen molar-refractivity contribution >= 4 is 8.32 Å². The minimum absolute atomic E-state index is 0.120. The molecule has 0 N–H and O–H groups in total. The lowest BCUT2D eigenvalue weighted by Gasteiger charge is -2.30. The Bertz CT molecular complexity index is 240. The molecule has 0 atom stereocenters. The van der Waals surface area contributed by atoms with E-state index in [1.54, 1.807) is 0 Å². The molecule has 0 aromatic carbocycles. The second-order valence-corrected chi connectivity index (χ2v) is 10.7. The smallest absolute Gasteiger partial charge is 0.241 e. The summed E-state index contributed by atoms with van der Waals surface area (Å²) in [6.45, 7) is 17.1. The minimum Gasteiger partial charge on any atom is -0.547 e. The van der Waals surface area contributed by atoms with Crippen LogP contribution in [0, 0.1) is 5.41 Å². The molecule has 2 heteroatoms. The highest BCUT2D eigenvalue weighted by Gasteiger charge is 2.25. The third kappa shape index (κ3) is 7.75. The van der Waals surface area contributed by atoms with E-state index in [-0.39, 0.29) is 5.41 Å². The van der Waals surface area contributed by atoms with Crippen molar-refractivity contribution in [3.05, 3.63) is 24.5 Å². The monoisotopic (exact) mass is 240 g/mol. The summed E-state index contributed by atoms with van der Waals surface area (Å²) >= 11 is 0. The predicted molar refractivity (Wildman–Crippen MR) is 76.0 cm³/mol. The van der Waals surface area contributed by atoms with Gasteiger partial charge in [0.15, 0.2) is 0 Å². The normalized spacial score (nSPS) is 13.8. The summed E-state index contributed by atoms with van der Waals surface area (Å²) in [5.74, 6) is 1.16. The van der Waals surface area contributed by atoms with Crippen LogP contribution in [0.4, 0.5) is 0 Å². The van der Waals surface area contributed by atoms with Gasteiger partial charge in [-0.2, -0.15) is 0 Å². The van der Waals surface area contributed by atoms with E-state index in [2.05, 4.69) is 53.1 Å². The fourth-order valence-corrected chi connectivity index (χ4v) is 2.38. The van der Waals surface area contributed by atoms with Crippen LogP contribution in [0.2, 0.25) is 19.6 Å². The molecule has 0 amide bonds. The lowest BCUT2D eigenvalue weighted by molar-refractivity contribution is 0.286. The summed E-state index contributed by atoms with van der Waals surface area (Å²) in [5.41, 5.74) is 0.120. The number of allylic oxidation sites excluding steroid dienone is 3. The molecule has 94 valence electrons. The van der Waals surface area contributed by atoms with Crippen LogP contribution in [0.15, 0.2) is 24.5 Å². The van der Waals surface area contributed by atoms with Gasteiger partial charge in [0, 0.05) is 5.41 Å². The fourth-order valence-electron chi connectivity index (χ4n) is 1.33. The summed E-state index contributed by atoms with van der Waals surface area (Å²) in [6.07, 6.45) is 7.58. The lowest BCUT2D eigenvalue weighted by atomic mass is 9.93. The van der Waals surface area contributed by atoms with Gasteiger partial charge in [-0.1, -0.05) is 26.8 Å². The van der Waals surface area contributed by atoms with Crippen LogP contribution in [0.5, 0.6) is 0 Å². The first-order chi connectivity index (χ1) is 7.17. The second kappa shape index (κ2) is 6.29. The molecular weight excluding hydrogens is 212 g/mol. The van der Waals surface area contributed by atoms with Gasteiger partial charge in [0.05, 0.1) is 5.76 Å². The maximum atomic E-state index is 6.16. The molecule has 0 radical (unpaired) electrons. The van der Waals surface area contributed by atoms with E-state index in [1.807, 2.05) is 6.08 Å². The van der Waals surface area contributed by atoms with Gasteiger partial charge in [-0.05, 0) is 45.0 Å². The third-order valence-corrected chi connectivity index (χ3v) is 2.93. The molecule has 0 spiro atoms. The van der Waals surface area contributed by atoms with Crippen LogP contribution in [0.1, 0.15) is 40.0 Å². The number of hydrogen-bond acceptors (Lipinski definition) is 1. The zero-order chi connectivity index (χ0) is 12.8. The largest absolute Gasteiger partial charge is 0.547 e. The van der Waals surface area contributed by atoms with Crippen LogP contribution < -0.4 is 0 Å².